The third-order valence-electron chi connectivity index (χ3n) is 2.84. The van der Waals surface area contributed by atoms with Crippen LogP contribution in [0.3, 0.4) is 0 Å². The Labute approximate surface area is 118 Å². The van der Waals surface area contributed by atoms with Crippen molar-refractivity contribution in [1.29, 1.82) is 0 Å². The topological polar surface area (TPSA) is 72.0 Å². The first-order valence-electron chi connectivity index (χ1n) is 5.79. The van der Waals surface area contributed by atoms with Crippen molar-refractivity contribution in [3.63, 3.8) is 0 Å². The first kappa shape index (κ1) is 12.6. The molecule has 0 amide bonds. The Bertz CT molecular complexity index is 813. The molecule has 0 aliphatic rings. The van der Waals surface area contributed by atoms with Crippen LogP contribution < -0.4 is 5.73 Å². The van der Waals surface area contributed by atoms with E-state index in [2.05, 4.69) is 9.97 Å². The Balaban J connectivity index is 2.03. The number of hydrogen-bond donors (Lipinski definition) is 2. The van der Waals surface area contributed by atoms with Gasteiger partial charge in [0.05, 0.1) is 10.2 Å². The van der Waals surface area contributed by atoms with E-state index in [0.717, 1.165) is 15.8 Å². The number of nitrogens with two attached hydrogens (primary N) is 1. The molecule has 4 nitrogen and oxygen atoms in total. The molecule has 0 spiro atoms. The van der Waals surface area contributed by atoms with Crippen molar-refractivity contribution >= 4 is 39.5 Å². The van der Waals surface area contributed by atoms with Crippen molar-refractivity contribution in [2.75, 3.05) is 5.73 Å². The van der Waals surface area contributed by atoms with Crippen LogP contribution in [0.1, 0.15) is 11.1 Å². The molecule has 2 heterocycles. The molecule has 3 aromatic rings. The van der Waals surface area contributed by atoms with Crippen molar-refractivity contribution in [2.45, 2.75) is 0 Å². The summed E-state index contributed by atoms with van der Waals surface area (Å²) in [4.78, 5) is 8.11. The SMILES string of the molecule is Nc1ncnc2c(C=Cc3cc(F)ccc3O)csc12. The second-order valence-corrected chi connectivity index (χ2v) is 5.04. The summed E-state index contributed by atoms with van der Waals surface area (Å²) in [7, 11) is 0. The van der Waals surface area contributed by atoms with Gasteiger partial charge in [-0.15, -0.1) is 11.3 Å². The molecule has 0 aliphatic heterocycles. The van der Waals surface area contributed by atoms with Crippen molar-refractivity contribution in [1.82, 2.24) is 9.97 Å². The van der Waals surface area contributed by atoms with E-state index in [-0.39, 0.29) is 5.75 Å². The van der Waals surface area contributed by atoms with Crippen LogP contribution in [0.5, 0.6) is 5.75 Å². The van der Waals surface area contributed by atoms with Crippen LogP contribution in [0.15, 0.2) is 29.9 Å². The fourth-order valence-electron chi connectivity index (χ4n) is 1.84. The fraction of sp³-hybridized carbons (Fsp3) is 0. The Morgan fingerprint density at radius 3 is 2.85 bits per heavy atom. The van der Waals surface area contributed by atoms with Crippen molar-refractivity contribution in [3.8, 4) is 5.75 Å². The molecule has 2 aromatic heterocycles. The van der Waals surface area contributed by atoms with Crippen LogP contribution in [0, 0.1) is 5.82 Å². The summed E-state index contributed by atoms with van der Waals surface area (Å²) in [6, 6.07) is 3.80. The van der Waals surface area contributed by atoms with Crippen LogP contribution in [0.25, 0.3) is 22.4 Å². The van der Waals surface area contributed by atoms with E-state index in [1.807, 2.05) is 5.38 Å². The van der Waals surface area contributed by atoms with Gasteiger partial charge in [0.2, 0.25) is 0 Å². The van der Waals surface area contributed by atoms with Crippen LogP contribution in [0.2, 0.25) is 0 Å². The number of hydrogen-bond acceptors (Lipinski definition) is 5. The van der Waals surface area contributed by atoms with Crippen LogP contribution in [-0.4, -0.2) is 15.1 Å². The zero-order valence-electron chi connectivity index (χ0n) is 10.2. The van der Waals surface area contributed by atoms with Gasteiger partial charge >= 0.3 is 0 Å². The predicted molar refractivity (Wildman–Crippen MR) is 78.8 cm³/mol. The fourth-order valence-corrected chi connectivity index (χ4v) is 2.73. The number of halogens is 1. The summed E-state index contributed by atoms with van der Waals surface area (Å²) < 4.78 is 14.0. The average Bonchev–Trinajstić information content (AvgIpc) is 2.85. The minimum absolute atomic E-state index is 0.0244. The summed E-state index contributed by atoms with van der Waals surface area (Å²) in [6.45, 7) is 0. The molecule has 0 saturated heterocycles. The highest BCUT2D eigenvalue weighted by molar-refractivity contribution is 7.18. The number of phenols is 1. The summed E-state index contributed by atoms with van der Waals surface area (Å²) in [5.74, 6) is 0.0637. The van der Waals surface area contributed by atoms with Gasteiger partial charge in [-0.25, -0.2) is 14.4 Å². The number of fused-ring (bicyclic) bond motifs is 1. The number of aromatic hydroxyl groups is 1. The minimum atomic E-state index is -0.399. The number of aromatic nitrogens is 2. The Morgan fingerprint density at radius 2 is 2.00 bits per heavy atom. The summed E-state index contributed by atoms with van der Waals surface area (Å²) in [5, 5.41) is 11.6. The van der Waals surface area contributed by atoms with Gasteiger partial charge in [-0.1, -0.05) is 12.2 Å². The van der Waals surface area contributed by atoms with E-state index < -0.39 is 5.82 Å². The van der Waals surface area contributed by atoms with Gasteiger partial charge in [0.25, 0.3) is 0 Å². The highest BCUT2D eigenvalue weighted by Gasteiger charge is 2.06. The summed E-state index contributed by atoms with van der Waals surface area (Å²) >= 11 is 1.45. The lowest BCUT2D eigenvalue weighted by molar-refractivity contribution is 0.472. The predicted octanol–water partition coefficient (Wildman–Crippen LogP) is 3.29. The molecule has 100 valence electrons. The summed E-state index contributed by atoms with van der Waals surface area (Å²) in [6.07, 6.45) is 4.80. The maximum atomic E-state index is 13.1. The minimum Gasteiger partial charge on any atom is -0.507 e. The highest BCUT2D eigenvalue weighted by Crippen LogP contribution is 2.29. The molecule has 3 N–H and O–H groups in total. The van der Waals surface area contributed by atoms with Crippen molar-refractivity contribution in [2.24, 2.45) is 0 Å². The van der Waals surface area contributed by atoms with Gasteiger partial charge < -0.3 is 10.8 Å². The quantitative estimate of drug-likeness (QED) is 0.758. The number of benzene rings is 1. The van der Waals surface area contributed by atoms with E-state index in [0.29, 0.717) is 11.4 Å². The second-order valence-electron chi connectivity index (χ2n) is 4.16. The van der Waals surface area contributed by atoms with E-state index in [1.54, 1.807) is 12.2 Å². The monoisotopic (exact) mass is 287 g/mol. The first-order chi connectivity index (χ1) is 9.65. The molecular formula is C14H10FN3OS. The van der Waals surface area contributed by atoms with E-state index in [1.165, 1.54) is 35.9 Å². The molecule has 6 heteroatoms. The molecule has 0 radical (unpaired) electrons. The maximum Gasteiger partial charge on any atom is 0.144 e. The second kappa shape index (κ2) is 4.90. The lowest BCUT2D eigenvalue weighted by Gasteiger charge is -1.98. The van der Waals surface area contributed by atoms with E-state index in [4.69, 9.17) is 5.73 Å². The van der Waals surface area contributed by atoms with Crippen molar-refractivity contribution < 1.29 is 9.50 Å². The van der Waals surface area contributed by atoms with Gasteiger partial charge in [-0.3, -0.25) is 0 Å². The Hall–Kier alpha value is -2.47. The molecule has 0 aliphatic carbocycles. The van der Waals surface area contributed by atoms with Crippen LogP contribution in [0.4, 0.5) is 10.2 Å². The molecule has 0 unspecified atom stereocenters. The zero-order chi connectivity index (χ0) is 14.1. The van der Waals surface area contributed by atoms with Crippen molar-refractivity contribution in [3.05, 3.63) is 46.9 Å². The largest absolute Gasteiger partial charge is 0.507 e. The number of anilines is 1. The molecule has 0 bridgehead atoms. The number of thiophene rings is 1. The Kier molecular flexibility index (Phi) is 3.08. The standard InChI is InChI=1S/C14H10FN3OS/c15-10-3-4-11(19)8(5-10)1-2-9-6-20-13-12(9)17-7-18-14(13)16/h1-7,19H,(H2,16,17,18). The Morgan fingerprint density at radius 1 is 1.20 bits per heavy atom. The first-order valence-corrected chi connectivity index (χ1v) is 6.67. The van der Waals surface area contributed by atoms with Gasteiger partial charge in [-0.2, -0.15) is 0 Å². The van der Waals surface area contributed by atoms with Gasteiger partial charge in [0.15, 0.2) is 0 Å². The molecule has 0 atom stereocenters. The normalized spacial score (nSPS) is 11.4. The molecule has 20 heavy (non-hydrogen) atoms. The third kappa shape index (κ3) is 2.21. The number of rotatable bonds is 2. The van der Waals surface area contributed by atoms with Crippen LogP contribution in [-0.2, 0) is 0 Å². The highest BCUT2D eigenvalue weighted by atomic mass is 32.1. The third-order valence-corrected chi connectivity index (χ3v) is 3.85. The molecule has 0 saturated carbocycles. The van der Waals surface area contributed by atoms with Crippen LogP contribution >= 0.6 is 11.3 Å². The van der Waals surface area contributed by atoms with Gasteiger partial charge in [0.1, 0.15) is 23.7 Å². The van der Waals surface area contributed by atoms with E-state index in [9.17, 15) is 9.50 Å². The number of nitrogen functional groups attached to an aromatic ring is 1. The molecule has 1 aromatic carbocycles. The summed E-state index contributed by atoms with van der Waals surface area (Å²) in [5.41, 5.74) is 7.77. The number of nitrogens with zero attached hydrogens (tertiary/aromatic N) is 2. The zero-order valence-corrected chi connectivity index (χ0v) is 11.1. The van der Waals surface area contributed by atoms with Gasteiger partial charge in [-0.05, 0) is 18.2 Å². The lowest BCUT2D eigenvalue weighted by Crippen LogP contribution is -1.90. The average molecular weight is 287 g/mol. The van der Waals surface area contributed by atoms with E-state index >= 15 is 0 Å². The smallest absolute Gasteiger partial charge is 0.144 e. The lowest BCUT2D eigenvalue weighted by atomic mass is 10.1. The number of phenolic OH excluding ortho intramolecular Hbond substituents is 1. The maximum absolute atomic E-state index is 13.1. The molecule has 0 fully saturated rings. The molecular weight excluding hydrogens is 277 g/mol. The van der Waals surface area contributed by atoms with Gasteiger partial charge in [0, 0.05) is 16.5 Å². The molecule has 3 rings (SSSR count).